The van der Waals surface area contributed by atoms with E-state index in [0.29, 0.717) is 26.1 Å². The van der Waals surface area contributed by atoms with E-state index < -0.39 is 5.97 Å². The number of carboxylic acid groups (broad SMARTS) is 1. The smallest absolute Gasteiger partial charge is 0.307 e. The van der Waals surface area contributed by atoms with Gasteiger partial charge in [-0.25, -0.2) is 0 Å². The molecule has 4 rings (SSSR count). The number of likely N-dealkylation sites (tertiary alicyclic amines) is 1. The number of nitrogens with zero attached hydrogens (tertiary/aromatic N) is 1. The van der Waals surface area contributed by atoms with Crippen molar-refractivity contribution >= 4 is 11.9 Å². The van der Waals surface area contributed by atoms with E-state index in [4.69, 9.17) is 9.84 Å². The van der Waals surface area contributed by atoms with Crippen molar-refractivity contribution in [2.75, 3.05) is 19.7 Å². The minimum atomic E-state index is -0.679. The molecule has 2 aliphatic heterocycles. The van der Waals surface area contributed by atoms with Crippen LogP contribution in [0.2, 0.25) is 0 Å². The third kappa shape index (κ3) is 2.71. The molecule has 5 heteroatoms. The summed E-state index contributed by atoms with van der Waals surface area (Å²) in [6.45, 7) is 2.02. The number of piperidine rings is 1. The average molecular weight is 329 g/mol. The fourth-order valence-corrected chi connectivity index (χ4v) is 4.38. The molecule has 5 nitrogen and oxygen atoms in total. The standard InChI is InChI=1S/C19H23NO4/c21-17(11-16-14-4-2-1-3-13(14)5-10-24-16)20-8-6-19(7-9-20)12-15(19)18(22)23/h1-4,15-16H,5-12H2,(H,22,23). The Morgan fingerprint density at radius 2 is 2.00 bits per heavy atom. The van der Waals surface area contributed by atoms with E-state index >= 15 is 0 Å². The Morgan fingerprint density at radius 1 is 1.25 bits per heavy atom. The van der Waals surface area contributed by atoms with Crippen molar-refractivity contribution in [1.29, 1.82) is 0 Å². The summed E-state index contributed by atoms with van der Waals surface area (Å²) in [5.41, 5.74) is 2.39. The van der Waals surface area contributed by atoms with Crippen LogP contribution in [-0.2, 0) is 20.7 Å². The lowest BCUT2D eigenvalue weighted by atomic mass is 9.90. The second-order valence-corrected chi connectivity index (χ2v) is 7.35. The number of fused-ring (bicyclic) bond motifs is 1. The van der Waals surface area contributed by atoms with Gasteiger partial charge in [0, 0.05) is 13.1 Å². The molecule has 2 heterocycles. The molecule has 1 aromatic carbocycles. The molecule has 1 spiro atoms. The largest absolute Gasteiger partial charge is 0.481 e. The molecule has 0 aromatic heterocycles. The number of ether oxygens (including phenoxy) is 1. The van der Waals surface area contributed by atoms with Gasteiger partial charge < -0.3 is 14.7 Å². The maximum absolute atomic E-state index is 12.7. The summed E-state index contributed by atoms with van der Waals surface area (Å²) in [5, 5.41) is 9.16. The van der Waals surface area contributed by atoms with Crippen molar-refractivity contribution in [1.82, 2.24) is 4.90 Å². The van der Waals surface area contributed by atoms with Crippen LogP contribution in [0.3, 0.4) is 0 Å². The molecule has 24 heavy (non-hydrogen) atoms. The molecule has 1 aromatic rings. The molecule has 0 radical (unpaired) electrons. The summed E-state index contributed by atoms with van der Waals surface area (Å²) in [4.78, 5) is 25.7. The van der Waals surface area contributed by atoms with Gasteiger partial charge in [0.2, 0.25) is 5.91 Å². The Morgan fingerprint density at radius 3 is 2.71 bits per heavy atom. The van der Waals surface area contributed by atoms with E-state index in [1.807, 2.05) is 17.0 Å². The predicted octanol–water partition coefficient (Wildman–Crippen LogP) is 2.40. The third-order valence-electron chi connectivity index (χ3n) is 6.05. The number of carbonyl (C=O) groups is 2. The second kappa shape index (κ2) is 5.88. The maximum Gasteiger partial charge on any atom is 0.307 e. The molecule has 1 amide bonds. The van der Waals surface area contributed by atoms with Crippen molar-refractivity contribution < 1.29 is 19.4 Å². The first-order chi connectivity index (χ1) is 11.6. The number of amides is 1. The number of carboxylic acids is 1. The van der Waals surface area contributed by atoms with Crippen LogP contribution in [-0.4, -0.2) is 41.6 Å². The zero-order valence-electron chi connectivity index (χ0n) is 13.7. The van der Waals surface area contributed by atoms with Crippen LogP contribution in [0, 0.1) is 11.3 Å². The molecule has 2 atom stereocenters. The van der Waals surface area contributed by atoms with Crippen molar-refractivity contribution in [3.05, 3.63) is 35.4 Å². The highest BCUT2D eigenvalue weighted by atomic mass is 16.5. The van der Waals surface area contributed by atoms with Crippen LogP contribution in [0.4, 0.5) is 0 Å². The zero-order chi connectivity index (χ0) is 16.7. The van der Waals surface area contributed by atoms with Gasteiger partial charge in [0.05, 0.1) is 25.0 Å². The Bertz CT molecular complexity index is 663. The molecule has 3 aliphatic rings. The lowest BCUT2D eigenvalue weighted by Gasteiger charge is -2.34. The predicted molar refractivity (Wildman–Crippen MR) is 87.4 cm³/mol. The van der Waals surface area contributed by atoms with E-state index in [-0.39, 0.29) is 23.3 Å². The van der Waals surface area contributed by atoms with Gasteiger partial charge in [-0.3, -0.25) is 9.59 Å². The lowest BCUT2D eigenvalue weighted by molar-refractivity contribution is -0.140. The SMILES string of the molecule is O=C(O)C1CC12CCN(C(=O)CC1OCCc3ccccc31)CC2. The minimum absolute atomic E-state index is 0.0312. The monoisotopic (exact) mass is 329 g/mol. The number of hydrogen-bond donors (Lipinski definition) is 1. The van der Waals surface area contributed by atoms with E-state index in [2.05, 4.69) is 12.1 Å². The third-order valence-corrected chi connectivity index (χ3v) is 6.05. The van der Waals surface area contributed by atoms with Gasteiger partial charge in [-0.05, 0) is 42.2 Å². The summed E-state index contributed by atoms with van der Waals surface area (Å²) in [5.74, 6) is -0.746. The van der Waals surface area contributed by atoms with Gasteiger partial charge >= 0.3 is 5.97 Å². The van der Waals surface area contributed by atoms with Crippen LogP contribution >= 0.6 is 0 Å². The topological polar surface area (TPSA) is 66.8 Å². The minimum Gasteiger partial charge on any atom is -0.481 e. The first-order valence-corrected chi connectivity index (χ1v) is 8.79. The summed E-state index contributed by atoms with van der Waals surface area (Å²) in [6, 6.07) is 8.19. The van der Waals surface area contributed by atoms with Crippen molar-refractivity contribution in [2.24, 2.45) is 11.3 Å². The maximum atomic E-state index is 12.7. The number of rotatable bonds is 3. The number of hydrogen-bond acceptors (Lipinski definition) is 3. The average Bonchev–Trinajstić information content (AvgIpc) is 3.30. The first kappa shape index (κ1) is 15.6. The van der Waals surface area contributed by atoms with Crippen LogP contribution in [0.5, 0.6) is 0 Å². The molecule has 1 saturated carbocycles. The molecule has 2 unspecified atom stereocenters. The lowest BCUT2D eigenvalue weighted by Crippen LogP contribution is -2.40. The summed E-state index contributed by atoms with van der Waals surface area (Å²) >= 11 is 0. The van der Waals surface area contributed by atoms with Gasteiger partial charge in [0.25, 0.3) is 0 Å². The van der Waals surface area contributed by atoms with Crippen LogP contribution in [0.15, 0.2) is 24.3 Å². The van der Waals surface area contributed by atoms with Crippen molar-refractivity contribution in [3.8, 4) is 0 Å². The number of benzene rings is 1. The van der Waals surface area contributed by atoms with Crippen molar-refractivity contribution in [2.45, 2.75) is 38.2 Å². The van der Waals surface area contributed by atoms with Crippen molar-refractivity contribution in [3.63, 3.8) is 0 Å². The molecule has 1 saturated heterocycles. The highest BCUT2D eigenvalue weighted by Gasteiger charge is 2.59. The Balaban J connectivity index is 1.36. The summed E-state index contributed by atoms with van der Waals surface area (Å²) < 4.78 is 5.84. The fourth-order valence-electron chi connectivity index (χ4n) is 4.38. The fraction of sp³-hybridized carbons (Fsp3) is 0.579. The van der Waals surface area contributed by atoms with Gasteiger partial charge in [-0.15, -0.1) is 0 Å². The van der Waals surface area contributed by atoms with Gasteiger partial charge in [0.1, 0.15) is 0 Å². The Kier molecular flexibility index (Phi) is 3.83. The molecular weight excluding hydrogens is 306 g/mol. The van der Waals surface area contributed by atoms with E-state index in [9.17, 15) is 9.59 Å². The quantitative estimate of drug-likeness (QED) is 0.925. The normalized spacial score (nSPS) is 27.6. The van der Waals surface area contributed by atoms with E-state index in [1.54, 1.807) is 0 Å². The van der Waals surface area contributed by atoms with Gasteiger partial charge in [0.15, 0.2) is 0 Å². The molecule has 128 valence electrons. The molecule has 2 fully saturated rings. The Labute approximate surface area is 141 Å². The zero-order valence-corrected chi connectivity index (χ0v) is 13.7. The van der Waals surface area contributed by atoms with Crippen LogP contribution in [0.1, 0.15) is 42.9 Å². The van der Waals surface area contributed by atoms with Crippen LogP contribution in [0.25, 0.3) is 0 Å². The summed E-state index contributed by atoms with van der Waals surface area (Å²) in [6.07, 6.45) is 3.56. The van der Waals surface area contributed by atoms with Gasteiger partial charge in [-0.1, -0.05) is 24.3 Å². The second-order valence-electron chi connectivity index (χ2n) is 7.35. The first-order valence-electron chi connectivity index (χ1n) is 8.79. The molecular formula is C19H23NO4. The number of aliphatic carboxylic acids is 1. The van der Waals surface area contributed by atoms with Gasteiger partial charge in [-0.2, -0.15) is 0 Å². The molecule has 1 N–H and O–H groups in total. The number of carbonyl (C=O) groups excluding carboxylic acids is 1. The summed E-state index contributed by atoms with van der Waals surface area (Å²) in [7, 11) is 0. The molecule has 0 bridgehead atoms. The Hall–Kier alpha value is -1.88. The van der Waals surface area contributed by atoms with E-state index in [1.165, 1.54) is 5.56 Å². The highest BCUT2D eigenvalue weighted by molar-refractivity contribution is 5.78. The molecule has 1 aliphatic carbocycles. The highest BCUT2D eigenvalue weighted by Crippen LogP contribution is 2.59. The van der Waals surface area contributed by atoms with E-state index in [0.717, 1.165) is 31.2 Å². The van der Waals surface area contributed by atoms with Crippen LogP contribution < -0.4 is 0 Å².